The van der Waals surface area contributed by atoms with Crippen LogP contribution in [-0.2, 0) is 6.54 Å². The van der Waals surface area contributed by atoms with Crippen molar-refractivity contribution in [2.24, 2.45) is 0 Å². The molecule has 0 unspecified atom stereocenters. The Hall–Kier alpha value is -1.96. The van der Waals surface area contributed by atoms with Crippen molar-refractivity contribution < 1.29 is 0 Å². The molecule has 2 nitrogen and oxygen atoms in total. The molecular formula is C16H20N2. The molecule has 94 valence electrons. The normalized spacial score (nSPS) is 10.2. The van der Waals surface area contributed by atoms with Crippen LogP contribution in [0.2, 0.25) is 0 Å². The molecule has 2 aromatic rings. The predicted octanol–water partition coefficient (Wildman–Crippen LogP) is 3.67. The largest absolute Gasteiger partial charge is 0.388 e. The Balaban J connectivity index is 2.16. The molecular weight excluding hydrogens is 220 g/mol. The molecule has 0 aliphatic heterocycles. The zero-order valence-corrected chi connectivity index (χ0v) is 11.3. The number of rotatable bonds is 4. The Bertz CT molecular complexity index is 506. The molecule has 2 aromatic carbocycles. The summed E-state index contributed by atoms with van der Waals surface area (Å²) in [5.41, 5.74) is 5.06. The van der Waals surface area contributed by atoms with Gasteiger partial charge in [-0.05, 0) is 36.2 Å². The first-order valence-electron chi connectivity index (χ1n) is 6.24. The van der Waals surface area contributed by atoms with Gasteiger partial charge in [0.2, 0.25) is 0 Å². The number of benzene rings is 2. The topological polar surface area (TPSA) is 15.3 Å². The fourth-order valence-corrected chi connectivity index (χ4v) is 2.18. The van der Waals surface area contributed by atoms with Crippen molar-refractivity contribution in [1.82, 2.24) is 0 Å². The fourth-order valence-electron chi connectivity index (χ4n) is 2.18. The monoisotopic (exact) mass is 240 g/mol. The molecule has 0 atom stereocenters. The molecule has 0 radical (unpaired) electrons. The van der Waals surface area contributed by atoms with Crippen LogP contribution in [-0.4, -0.2) is 14.1 Å². The molecule has 1 N–H and O–H groups in total. The van der Waals surface area contributed by atoms with E-state index in [0.29, 0.717) is 0 Å². The Morgan fingerprint density at radius 2 is 1.78 bits per heavy atom. The Kier molecular flexibility index (Phi) is 3.88. The fraction of sp³-hybridized carbons (Fsp3) is 0.250. The van der Waals surface area contributed by atoms with E-state index >= 15 is 0 Å². The maximum Gasteiger partial charge on any atom is 0.0426 e. The number of aryl methyl sites for hydroxylation is 1. The minimum Gasteiger partial charge on any atom is -0.388 e. The first kappa shape index (κ1) is 12.5. The summed E-state index contributed by atoms with van der Waals surface area (Å²) in [6, 6.07) is 17.0. The highest BCUT2D eigenvalue weighted by Gasteiger charge is 2.05. The third-order valence-electron chi connectivity index (χ3n) is 3.16. The highest BCUT2D eigenvalue weighted by Crippen LogP contribution is 2.23. The quantitative estimate of drug-likeness (QED) is 0.877. The first-order valence-corrected chi connectivity index (χ1v) is 6.24. The number of nitrogens with zero attached hydrogens (tertiary/aromatic N) is 1. The molecule has 0 saturated heterocycles. The summed E-state index contributed by atoms with van der Waals surface area (Å²) in [6.45, 7) is 3.08. The van der Waals surface area contributed by atoms with Crippen molar-refractivity contribution in [3.63, 3.8) is 0 Å². The van der Waals surface area contributed by atoms with Gasteiger partial charge in [-0.2, -0.15) is 0 Å². The van der Waals surface area contributed by atoms with Crippen LogP contribution < -0.4 is 10.2 Å². The number of anilines is 2. The molecule has 0 aliphatic carbocycles. The highest BCUT2D eigenvalue weighted by atomic mass is 15.1. The van der Waals surface area contributed by atoms with Gasteiger partial charge in [0.1, 0.15) is 0 Å². The smallest absolute Gasteiger partial charge is 0.0426 e. The van der Waals surface area contributed by atoms with E-state index in [1.165, 1.54) is 16.8 Å². The lowest BCUT2D eigenvalue weighted by Crippen LogP contribution is -2.17. The Morgan fingerprint density at radius 1 is 1.06 bits per heavy atom. The summed E-state index contributed by atoms with van der Waals surface area (Å²) in [5.74, 6) is 0. The van der Waals surface area contributed by atoms with Crippen LogP contribution in [0.1, 0.15) is 11.1 Å². The molecule has 0 amide bonds. The van der Waals surface area contributed by atoms with Gasteiger partial charge in [0.05, 0.1) is 0 Å². The van der Waals surface area contributed by atoms with Gasteiger partial charge in [0.15, 0.2) is 0 Å². The van der Waals surface area contributed by atoms with Crippen LogP contribution in [0.3, 0.4) is 0 Å². The zero-order chi connectivity index (χ0) is 13.0. The zero-order valence-electron chi connectivity index (χ0n) is 11.3. The second-order valence-corrected chi connectivity index (χ2v) is 4.59. The van der Waals surface area contributed by atoms with Crippen LogP contribution in [0.15, 0.2) is 48.5 Å². The average molecular weight is 240 g/mol. The van der Waals surface area contributed by atoms with Crippen LogP contribution in [0.4, 0.5) is 11.4 Å². The number of hydrogen-bond acceptors (Lipinski definition) is 2. The van der Waals surface area contributed by atoms with E-state index in [9.17, 15) is 0 Å². The molecule has 0 heterocycles. The minimum atomic E-state index is 0.931. The second kappa shape index (κ2) is 5.58. The lowest BCUT2D eigenvalue weighted by Gasteiger charge is -2.22. The Morgan fingerprint density at radius 3 is 2.39 bits per heavy atom. The second-order valence-electron chi connectivity index (χ2n) is 4.59. The number of nitrogens with one attached hydrogen (secondary N) is 1. The van der Waals surface area contributed by atoms with E-state index in [1.807, 2.05) is 7.05 Å². The van der Waals surface area contributed by atoms with E-state index in [2.05, 4.69) is 72.7 Å². The highest BCUT2D eigenvalue weighted by molar-refractivity contribution is 5.60. The van der Waals surface area contributed by atoms with E-state index in [1.54, 1.807) is 0 Å². The summed E-state index contributed by atoms with van der Waals surface area (Å²) in [7, 11) is 4.08. The standard InChI is InChI=1S/C16H20N2/c1-13-11-15(17-2)9-10-16(13)18(3)12-14-7-5-4-6-8-14/h4-11,17H,12H2,1-3H3. The summed E-state index contributed by atoms with van der Waals surface area (Å²) in [5, 5.41) is 3.17. The van der Waals surface area contributed by atoms with E-state index < -0.39 is 0 Å². The van der Waals surface area contributed by atoms with E-state index in [0.717, 1.165) is 12.2 Å². The van der Waals surface area contributed by atoms with Crippen molar-refractivity contribution in [1.29, 1.82) is 0 Å². The number of hydrogen-bond donors (Lipinski definition) is 1. The molecule has 2 rings (SSSR count). The molecule has 18 heavy (non-hydrogen) atoms. The van der Waals surface area contributed by atoms with Gasteiger partial charge in [0.25, 0.3) is 0 Å². The van der Waals surface area contributed by atoms with Gasteiger partial charge >= 0.3 is 0 Å². The summed E-state index contributed by atoms with van der Waals surface area (Å²) >= 11 is 0. The maximum atomic E-state index is 3.17. The van der Waals surface area contributed by atoms with Crippen molar-refractivity contribution >= 4 is 11.4 Å². The lowest BCUT2D eigenvalue weighted by atomic mass is 10.1. The predicted molar refractivity (Wildman–Crippen MR) is 79.3 cm³/mol. The van der Waals surface area contributed by atoms with Crippen molar-refractivity contribution in [2.45, 2.75) is 13.5 Å². The van der Waals surface area contributed by atoms with Gasteiger partial charge in [-0.25, -0.2) is 0 Å². The van der Waals surface area contributed by atoms with Crippen LogP contribution in [0, 0.1) is 6.92 Å². The van der Waals surface area contributed by atoms with Crippen molar-refractivity contribution in [3.05, 3.63) is 59.7 Å². The van der Waals surface area contributed by atoms with Gasteiger partial charge in [-0.1, -0.05) is 30.3 Å². The van der Waals surface area contributed by atoms with Gasteiger partial charge in [-0.3, -0.25) is 0 Å². The van der Waals surface area contributed by atoms with Crippen molar-refractivity contribution in [3.8, 4) is 0 Å². The molecule has 0 aliphatic rings. The van der Waals surface area contributed by atoms with Crippen LogP contribution in [0.5, 0.6) is 0 Å². The molecule has 0 aromatic heterocycles. The minimum absolute atomic E-state index is 0.931. The molecule has 2 heteroatoms. The SMILES string of the molecule is CNc1ccc(N(C)Cc2ccccc2)c(C)c1. The Labute approximate surface area is 109 Å². The summed E-state index contributed by atoms with van der Waals surface area (Å²) in [6.07, 6.45) is 0. The van der Waals surface area contributed by atoms with Gasteiger partial charge < -0.3 is 10.2 Å². The third-order valence-corrected chi connectivity index (χ3v) is 3.16. The molecule has 0 saturated carbocycles. The van der Waals surface area contributed by atoms with E-state index in [4.69, 9.17) is 0 Å². The first-order chi connectivity index (χ1) is 8.70. The average Bonchev–Trinajstić information content (AvgIpc) is 2.39. The van der Waals surface area contributed by atoms with Crippen molar-refractivity contribution in [2.75, 3.05) is 24.3 Å². The van der Waals surface area contributed by atoms with Crippen LogP contribution in [0.25, 0.3) is 0 Å². The summed E-state index contributed by atoms with van der Waals surface area (Å²) in [4.78, 5) is 2.28. The maximum absolute atomic E-state index is 3.17. The molecule has 0 bridgehead atoms. The lowest BCUT2D eigenvalue weighted by molar-refractivity contribution is 0.917. The summed E-state index contributed by atoms with van der Waals surface area (Å²) < 4.78 is 0. The van der Waals surface area contributed by atoms with Gasteiger partial charge in [0, 0.05) is 32.0 Å². The third kappa shape index (κ3) is 2.83. The van der Waals surface area contributed by atoms with E-state index in [-0.39, 0.29) is 0 Å². The molecule has 0 fully saturated rings. The van der Waals surface area contributed by atoms with Crippen LogP contribution >= 0.6 is 0 Å². The molecule has 0 spiro atoms. The van der Waals surface area contributed by atoms with Gasteiger partial charge in [-0.15, -0.1) is 0 Å².